The van der Waals surface area contributed by atoms with E-state index in [1.54, 1.807) is 0 Å². The van der Waals surface area contributed by atoms with Crippen LogP contribution in [0.4, 0.5) is 4.79 Å². The Morgan fingerprint density at radius 1 is 1.38 bits per heavy atom. The van der Waals surface area contributed by atoms with Gasteiger partial charge in [0, 0.05) is 18.0 Å². The van der Waals surface area contributed by atoms with E-state index < -0.39 is 5.97 Å². The molecule has 1 aromatic rings. The van der Waals surface area contributed by atoms with Crippen LogP contribution in [-0.2, 0) is 6.54 Å². The normalized spacial score (nSPS) is 24.7. The Labute approximate surface area is 127 Å². The largest absolute Gasteiger partial charge is 0.476 e. The van der Waals surface area contributed by atoms with Crippen molar-refractivity contribution in [1.82, 2.24) is 15.2 Å². The van der Waals surface area contributed by atoms with Crippen molar-refractivity contribution in [2.24, 2.45) is 5.92 Å². The minimum Gasteiger partial charge on any atom is -0.476 e. The number of fused-ring (bicyclic) bond motifs is 1. The Morgan fingerprint density at radius 3 is 2.95 bits per heavy atom. The Kier molecular flexibility index (Phi) is 4.10. The number of nitrogens with zero attached hydrogens (tertiary/aromatic N) is 2. The second-order valence-corrected chi connectivity index (χ2v) is 6.63. The molecule has 1 aliphatic carbocycles. The number of nitrogens with one attached hydrogen (secondary N) is 1. The van der Waals surface area contributed by atoms with E-state index in [2.05, 4.69) is 10.3 Å². The van der Waals surface area contributed by atoms with Gasteiger partial charge in [0.15, 0.2) is 5.69 Å². The molecular formula is C14H19N3O3S. The average molecular weight is 309 g/mol. The van der Waals surface area contributed by atoms with Crippen LogP contribution in [0.15, 0.2) is 5.38 Å². The van der Waals surface area contributed by atoms with Gasteiger partial charge in [-0.05, 0) is 31.6 Å². The highest BCUT2D eigenvalue weighted by Crippen LogP contribution is 2.36. The zero-order chi connectivity index (χ0) is 14.8. The zero-order valence-corrected chi connectivity index (χ0v) is 12.6. The summed E-state index contributed by atoms with van der Waals surface area (Å²) < 4.78 is 0. The van der Waals surface area contributed by atoms with Crippen LogP contribution in [0.1, 0.15) is 47.6 Å². The molecule has 21 heavy (non-hydrogen) atoms. The van der Waals surface area contributed by atoms with Crippen molar-refractivity contribution in [1.29, 1.82) is 0 Å². The molecule has 1 aliphatic heterocycles. The first kappa shape index (κ1) is 14.3. The van der Waals surface area contributed by atoms with Crippen LogP contribution in [0.25, 0.3) is 0 Å². The number of amides is 2. The topological polar surface area (TPSA) is 82.5 Å². The molecule has 0 spiro atoms. The lowest BCUT2D eigenvalue weighted by Crippen LogP contribution is -2.50. The van der Waals surface area contributed by atoms with E-state index in [1.807, 2.05) is 4.90 Å². The number of carbonyl (C=O) groups is 2. The predicted octanol–water partition coefficient (Wildman–Crippen LogP) is 2.32. The van der Waals surface area contributed by atoms with Gasteiger partial charge in [-0.25, -0.2) is 14.6 Å². The van der Waals surface area contributed by atoms with Crippen LogP contribution in [0.3, 0.4) is 0 Å². The van der Waals surface area contributed by atoms with E-state index in [9.17, 15) is 9.59 Å². The third-order valence-electron chi connectivity index (χ3n) is 4.42. The number of piperidine rings is 1. The number of rotatable bonds is 3. The number of thiazole rings is 1. The number of hydrogen-bond donors (Lipinski definition) is 2. The van der Waals surface area contributed by atoms with E-state index in [1.165, 1.54) is 36.0 Å². The monoisotopic (exact) mass is 309 g/mol. The minimum absolute atomic E-state index is 0.0399. The molecule has 1 aromatic heterocycles. The molecule has 2 unspecified atom stereocenters. The number of aromatic carboxylic acids is 1. The first-order valence-corrected chi connectivity index (χ1v) is 8.25. The molecule has 1 saturated carbocycles. The molecule has 3 rings (SSSR count). The van der Waals surface area contributed by atoms with Crippen LogP contribution in [0.2, 0.25) is 0 Å². The van der Waals surface area contributed by atoms with E-state index in [-0.39, 0.29) is 11.7 Å². The first-order valence-electron chi connectivity index (χ1n) is 7.37. The molecule has 6 nitrogen and oxygen atoms in total. The van der Waals surface area contributed by atoms with Gasteiger partial charge < -0.3 is 15.3 Å². The zero-order valence-electron chi connectivity index (χ0n) is 11.7. The second kappa shape index (κ2) is 6.01. The lowest BCUT2D eigenvalue weighted by atomic mass is 9.92. The van der Waals surface area contributed by atoms with Crippen molar-refractivity contribution >= 4 is 23.3 Å². The van der Waals surface area contributed by atoms with E-state index >= 15 is 0 Å². The highest BCUT2D eigenvalue weighted by atomic mass is 32.1. The number of urea groups is 1. The summed E-state index contributed by atoms with van der Waals surface area (Å²) >= 11 is 1.26. The molecule has 7 heteroatoms. The number of aromatic nitrogens is 1. The van der Waals surface area contributed by atoms with Crippen molar-refractivity contribution in [2.45, 2.75) is 44.7 Å². The average Bonchev–Trinajstić information content (AvgIpc) is 3.12. The van der Waals surface area contributed by atoms with E-state index in [0.29, 0.717) is 23.5 Å². The van der Waals surface area contributed by atoms with Gasteiger partial charge in [-0.2, -0.15) is 0 Å². The third kappa shape index (κ3) is 3.02. The highest BCUT2D eigenvalue weighted by Gasteiger charge is 2.37. The molecule has 1 saturated heterocycles. The van der Waals surface area contributed by atoms with Crippen LogP contribution in [0.5, 0.6) is 0 Å². The lowest BCUT2D eigenvalue weighted by Gasteiger charge is -2.37. The highest BCUT2D eigenvalue weighted by molar-refractivity contribution is 7.09. The maximum absolute atomic E-state index is 12.3. The summed E-state index contributed by atoms with van der Waals surface area (Å²) in [5.41, 5.74) is 0.0399. The summed E-state index contributed by atoms with van der Waals surface area (Å²) in [5.74, 6) is -0.364. The molecule has 0 aromatic carbocycles. The fourth-order valence-electron chi connectivity index (χ4n) is 3.45. The van der Waals surface area contributed by atoms with Gasteiger partial charge >= 0.3 is 12.0 Å². The van der Waals surface area contributed by atoms with E-state index in [0.717, 1.165) is 19.4 Å². The number of carboxylic acid groups (broad SMARTS) is 1. The second-order valence-electron chi connectivity index (χ2n) is 5.68. The number of carbonyl (C=O) groups excluding carboxylic acids is 1. The maximum atomic E-state index is 12.3. The maximum Gasteiger partial charge on any atom is 0.355 e. The molecule has 2 atom stereocenters. The summed E-state index contributed by atoms with van der Waals surface area (Å²) in [5, 5.41) is 13.8. The quantitative estimate of drug-likeness (QED) is 0.897. The SMILES string of the molecule is O=C(O)c1csc(CNC(=O)N2CCCC3CCCC32)n1. The predicted molar refractivity (Wildman–Crippen MR) is 78.4 cm³/mol. The van der Waals surface area contributed by atoms with Crippen LogP contribution >= 0.6 is 11.3 Å². The van der Waals surface area contributed by atoms with Crippen molar-refractivity contribution in [3.63, 3.8) is 0 Å². The number of likely N-dealkylation sites (tertiary alicyclic amines) is 1. The van der Waals surface area contributed by atoms with Gasteiger partial charge in [0.2, 0.25) is 0 Å². The van der Waals surface area contributed by atoms with Crippen LogP contribution in [0, 0.1) is 5.92 Å². The molecule has 2 N–H and O–H groups in total. The van der Waals surface area contributed by atoms with Crippen LogP contribution in [-0.4, -0.2) is 39.6 Å². The fourth-order valence-corrected chi connectivity index (χ4v) is 4.16. The standard InChI is InChI=1S/C14H19N3O3S/c18-13(19)10-8-21-12(16-10)7-15-14(20)17-6-2-4-9-3-1-5-11(9)17/h8-9,11H,1-7H2,(H,15,20)(H,18,19). The molecule has 114 valence electrons. The van der Waals surface area contributed by atoms with Gasteiger partial charge in [0.25, 0.3) is 0 Å². The smallest absolute Gasteiger partial charge is 0.355 e. The van der Waals surface area contributed by atoms with Gasteiger partial charge in [0.1, 0.15) is 5.01 Å². The number of carboxylic acids is 1. The molecule has 2 fully saturated rings. The Bertz CT molecular complexity index is 545. The third-order valence-corrected chi connectivity index (χ3v) is 5.26. The molecule has 2 aliphatic rings. The Hall–Kier alpha value is -1.63. The Balaban J connectivity index is 1.57. The molecular weight excluding hydrogens is 290 g/mol. The summed E-state index contributed by atoms with van der Waals surface area (Å²) in [6.07, 6.45) is 5.88. The molecule has 2 heterocycles. The summed E-state index contributed by atoms with van der Waals surface area (Å²) in [6.45, 7) is 1.12. The number of hydrogen-bond acceptors (Lipinski definition) is 4. The minimum atomic E-state index is -1.03. The van der Waals surface area contributed by atoms with Crippen LogP contribution < -0.4 is 5.32 Å². The van der Waals surface area contributed by atoms with Crippen molar-refractivity contribution in [2.75, 3.05) is 6.54 Å². The van der Waals surface area contributed by atoms with Crippen molar-refractivity contribution in [3.8, 4) is 0 Å². The van der Waals surface area contributed by atoms with E-state index in [4.69, 9.17) is 5.11 Å². The molecule has 0 radical (unpaired) electrons. The van der Waals surface area contributed by atoms with Crippen molar-refractivity contribution in [3.05, 3.63) is 16.1 Å². The first-order chi connectivity index (χ1) is 10.1. The Morgan fingerprint density at radius 2 is 2.19 bits per heavy atom. The molecule has 0 bridgehead atoms. The van der Waals surface area contributed by atoms with Gasteiger partial charge in [-0.1, -0.05) is 6.42 Å². The summed E-state index contributed by atoms with van der Waals surface area (Å²) in [6, 6.07) is 0.350. The summed E-state index contributed by atoms with van der Waals surface area (Å²) in [4.78, 5) is 29.0. The lowest BCUT2D eigenvalue weighted by molar-refractivity contribution is 0.0691. The van der Waals surface area contributed by atoms with Gasteiger partial charge in [-0.3, -0.25) is 0 Å². The van der Waals surface area contributed by atoms with Gasteiger partial charge in [-0.15, -0.1) is 11.3 Å². The fraction of sp³-hybridized carbons (Fsp3) is 0.643. The van der Waals surface area contributed by atoms with Gasteiger partial charge in [0.05, 0.1) is 6.54 Å². The molecule has 2 amide bonds. The van der Waals surface area contributed by atoms with Crippen molar-refractivity contribution < 1.29 is 14.7 Å². The summed E-state index contributed by atoms with van der Waals surface area (Å²) in [7, 11) is 0.